The van der Waals surface area contributed by atoms with Crippen molar-refractivity contribution in [2.24, 2.45) is 5.16 Å². The Morgan fingerprint density at radius 1 is 1.03 bits per heavy atom. The predicted molar refractivity (Wildman–Crippen MR) is 128 cm³/mol. The van der Waals surface area contributed by atoms with E-state index in [0.717, 1.165) is 5.56 Å². The van der Waals surface area contributed by atoms with Gasteiger partial charge in [0.05, 0.1) is 6.61 Å². The Kier molecular flexibility index (Phi) is 9.80. The number of carbonyl (C=O) groups excluding carboxylic acids is 1. The molecule has 0 radical (unpaired) electrons. The molecule has 0 amide bonds. The van der Waals surface area contributed by atoms with E-state index in [4.69, 9.17) is 23.6 Å². The SMILES string of the molecule is CCO/N=C(/COc1ccc(CC(OCC)C(=O)OCC)cc1)c1cc(-c2ccc(F)cc2)no1. The van der Waals surface area contributed by atoms with Crippen LogP contribution in [0, 0.1) is 5.82 Å². The van der Waals surface area contributed by atoms with Crippen molar-refractivity contribution in [2.45, 2.75) is 33.3 Å². The van der Waals surface area contributed by atoms with E-state index in [-0.39, 0.29) is 18.4 Å². The first-order chi connectivity index (χ1) is 17.0. The molecule has 3 aromatic rings. The van der Waals surface area contributed by atoms with E-state index in [1.165, 1.54) is 12.1 Å². The van der Waals surface area contributed by atoms with Crippen LogP contribution in [-0.2, 0) is 25.5 Å². The largest absolute Gasteiger partial charge is 0.487 e. The average molecular weight is 485 g/mol. The van der Waals surface area contributed by atoms with Crippen LogP contribution in [0.4, 0.5) is 4.39 Å². The molecule has 186 valence electrons. The standard InChI is InChI=1S/C26H29FN2O6/c1-4-31-25(26(30)32-5-2)15-18-7-13-21(14-8-18)33-17-23(28-34-6-3)24-16-22(29-35-24)19-9-11-20(27)12-10-19/h7-14,16,25H,4-6,15,17H2,1-3H3/b28-23-. The summed E-state index contributed by atoms with van der Waals surface area (Å²) in [4.78, 5) is 17.3. The van der Waals surface area contributed by atoms with Crippen LogP contribution in [0.3, 0.4) is 0 Å². The summed E-state index contributed by atoms with van der Waals surface area (Å²) in [6, 6.07) is 15.0. The topological polar surface area (TPSA) is 92.4 Å². The number of hydrogen-bond donors (Lipinski definition) is 0. The third-order valence-corrected chi connectivity index (χ3v) is 4.88. The van der Waals surface area contributed by atoms with E-state index in [9.17, 15) is 9.18 Å². The fraction of sp³-hybridized carbons (Fsp3) is 0.346. The third-order valence-electron chi connectivity index (χ3n) is 4.88. The number of aromatic nitrogens is 1. The predicted octanol–water partition coefficient (Wildman–Crippen LogP) is 4.81. The van der Waals surface area contributed by atoms with Crippen molar-refractivity contribution in [3.05, 3.63) is 71.7 Å². The van der Waals surface area contributed by atoms with Gasteiger partial charge in [0.1, 0.15) is 30.5 Å². The number of benzene rings is 2. The van der Waals surface area contributed by atoms with Gasteiger partial charge in [-0.3, -0.25) is 0 Å². The van der Waals surface area contributed by atoms with Crippen LogP contribution in [-0.4, -0.2) is 49.4 Å². The molecule has 9 heteroatoms. The summed E-state index contributed by atoms with van der Waals surface area (Å²) in [5.41, 5.74) is 2.57. The lowest BCUT2D eigenvalue weighted by Gasteiger charge is -2.15. The molecular formula is C26H29FN2O6. The zero-order valence-electron chi connectivity index (χ0n) is 20.0. The summed E-state index contributed by atoms with van der Waals surface area (Å²) in [5.74, 6) is 0.270. The van der Waals surface area contributed by atoms with Crippen LogP contribution in [0.2, 0.25) is 0 Å². The Bertz CT molecular complexity index is 1100. The number of oxime groups is 1. The fourth-order valence-corrected chi connectivity index (χ4v) is 3.19. The quantitative estimate of drug-likeness (QED) is 0.195. The zero-order chi connectivity index (χ0) is 25.0. The second-order valence-electron chi connectivity index (χ2n) is 7.37. The molecule has 1 atom stereocenters. The monoisotopic (exact) mass is 484 g/mol. The van der Waals surface area contributed by atoms with Crippen molar-refractivity contribution < 1.29 is 32.8 Å². The molecule has 1 heterocycles. The van der Waals surface area contributed by atoms with E-state index < -0.39 is 6.10 Å². The lowest BCUT2D eigenvalue weighted by atomic mass is 10.1. The number of ether oxygens (including phenoxy) is 3. The maximum absolute atomic E-state index is 13.2. The Labute approximate surface area is 203 Å². The molecule has 0 aliphatic rings. The number of hydrogen-bond acceptors (Lipinski definition) is 8. The molecule has 0 saturated carbocycles. The van der Waals surface area contributed by atoms with Crippen LogP contribution < -0.4 is 4.74 Å². The maximum Gasteiger partial charge on any atom is 0.335 e. The highest BCUT2D eigenvalue weighted by Crippen LogP contribution is 2.21. The first-order valence-electron chi connectivity index (χ1n) is 11.5. The lowest BCUT2D eigenvalue weighted by molar-refractivity contribution is -0.156. The summed E-state index contributed by atoms with van der Waals surface area (Å²) in [6.45, 7) is 6.58. The number of halogens is 1. The van der Waals surface area contributed by atoms with Crippen molar-refractivity contribution in [1.82, 2.24) is 5.16 Å². The molecular weight excluding hydrogens is 455 g/mol. The minimum atomic E-state index is -0.654. The van der Waals surface area contributed by atoms with E-state index in [0.29, 0.717) is 54.7 Å². The fourth-order valence-electron chi connectivity index (χ4n) is 3.19. The van der Waals surface area contributed by atoms with E-state index >= 15 is 0 Å². The van der Waals surface area contributed by atoms with Gasteiger partial charge in [0, 0.05) is 24.7 Å². The molecule has 2 aromatic carbocycles. The molecule has 3 rings (SSSR count). The highest BCUT2D eigenvalue weighted by molar-refractivity contribution is 5.99. The molecule has 35 heavy (non-hydrogen) atoms. The van der Waals surface area contributed by atoms with E-state index in [1.54, 1.807) is 37.3 Å². The van der Waals surface area contributed by atoms with Gasteiger partial charge >= 0.3 is 5.97 Å². The van der Waals surface area contributed by atoms with Gasteiger partial charge in [-0.1, -0.05) is 22.4 Å². The Morgan fingerprint density at radius 3 is 2.43 bits per heavy atom. The summed E-state index contributed by atoms with van der Waals surface area (Å²) in [5, 5.41) is 8.14. The average Bonchev–Trinajstić information content (AvgIpc) is 3.35. The molecule has 0 spiro atoms. The van der Waals surface area contributed by atoms with Crippen molar-refractivity contribution in [1.29, 1.82) is 0 Å². The van der Waals surface area contributed by atoms with Gasteiger partial charge in [0.25, 0.3) is 0 Å². The number of rotatable bonds is 13. The van der Waals surface area contributed by atoms with Gasteiger partial charge in [-0.05, 0) is 62.7 Å². The molecule has 0 saturated heterocycles. The van der Waals surface area contributed by atoms with Crippen LogP contribution in [0.25, 0.3) is 11.3 Å². The summed E-state index contributed by atoms with van der Waals surface area (Å²) < 4.78 is 35.1. The molecule has 0 aliphatic carbocycles. The van der Waals surface area contributed by atoms with Gasteiger partial charge < -0.3 is 23.6 Å². The first-order valence-corrected chi connectivity index (χ1v) is 11.5. The lowest BCUT2D eigenvalue weighted by Crippen LogP contribution is -2.28. The summed E-state index contributed by atoms with van der Waals surface area (Å²) >= 11 is 0. The molecule has 8 nitrogen and oxygen atoms in total. The molecule has 0 aliphatic heterocycles. The smallest absolute Gasteiger partial charge is 0.335 e. The molecule has 1 aromatic heterocycles. The Morgan fingerprint density at radius 2 is 1.77 bits per heavy atom. The molecule has 1 unspecified atom stereocenters. The van der Waals surface area contributed by atoms with Gasteiger partial charge in [-0.2, -0.15) is 0 Å². The third kappa shape index (κ3) is 7.65. The van der Waals surface area contributed by atoms with Crippen molar-refractivity contribution in [3.8, 4) is 17.0 Å². The summed E-state index contributed by atoms with van der Waals surface area (Å²) in [6.07, 6.45) is -0.257. The number of nitrogens with zero attached hydrogens (tertiary/aromatic N) is 2. The molecule has 0 bridgehead atoms. The highest BCUT2D eigenvalue weighted by atomic mass is 19.1. The van der Waals surface area contributed by atoms with Gasteiger partial charge in [-0.15, -0.1) is 0 Å². The number of carbonyl (C=O) groups is 1. The van der Waals surface area contributed by atoms with Gasteiger partial charge in [0.15, 0.2) is 17.6 Å². The Balaban J connectivity index is 1.65. The van der Waals surface area contributed by atoms with Crippen LogP contribution >= 0.6 is 0 Å². The molecule has 0 fully saturated rings. The van der Waals surface area contributed by atoms with Crippen LogP contribution in [0.1, 0.15) is 32.1 Å². The maximum atomic E-state index is 13.2. The summed E-state index contributed by atoms with van der Waals surface area (Å²) in [7, 11) is 0. The van der Waals surface area contributed by atoms with E-state index in [2.05, 4.69) is 10.3 Å². The van der Waals surface area contributed by atoms with Gasteiger partial charge in [0.2, 0.25) is 0 Å². The van der Waals surface area contributed by atoms with Gasteiger partial charge in [-0.25, -0.2) is 9.18 Å². The Hall–Kier alpha value is -3.72. The van der Waals surface area contributed by atoms with E-state index in [1.807, 2.05) is 26.0 Å². The number of esters is 1. The molecule has 0 N–H and O–H groups in total. The first kappa shape index (κ1) is 25.9. The minimum Gasteiger partial charge on any atom is -0.487 e. The zero-order valence-corrected chi connectivity index (χ0v) is 20.0. The van der Waals surface area contributed by atoms with Crippen molar-refractivity contribution >= 4 is 11.7 Å². The van der Waals surface area contributed by atoms with Crippen molar-refractivity contribution in [3.63, 3.8) is 0 Å². The van der Waals surface area contributed by atoms with Crippen LogP contribution in [0.15, 0.2) is 64.3 Å². The minimum absolute atomic E-state index is 0.0712. The highest BCUT2D eigenvalue weighted by Gasteiger charge is 2.20. The van der Waals surface area contributed by atoms with Crippen molar-refractivity contribution in [2.75, 3.05) is 26.4 Å². The second kappa shape index (κ2) is 13.2. The normalized spacial score (nSPS) is 12.3. The van der Waals surface area contributed by atoms with Crippen LogP contribution in [0.5, 0.6) is 5.75 Å². The second-order valence-corrected chi connectivity index (χ2v) is 7.37.